The van der Waals surface area contributed by atoms with Crippen LogP contribution >= 0.6 is 0 Å². The second kappa shape index (κ2) is 5.88. The molecule has 0 bridgehead atoms. The lowest BCUT2D eigenvalue weighted by Crippen LogP contribution is -2.44. The minimum Gasteiger partial charge on any atom is -0.337 e. The monoisotopic (exact) mass is 265 g/mol. The van der Waals surface area contributed by atoms with E-state index in [9.17, 15) is 0 Å². The summed E-state index contributed by atoms with van der Waals surface area (Å²) in [5.41, 5.74) is 0. The van der Waals surface area contributed by atoms with Crippen LogP contribution in [0, 0.1) is 5.92 Å². The first-order valence-electron chi connectivity index (χ1n) is 7.28. The van der Waals surface area contributed by atoms with E-state index in [1.807, 2.05) is 0 Å². The summed E-state index contributed by atoms with van der Waals surface area (Å²) in [6.45, 7) is 6.40. The lowest BCUT2D eigenvalue weighted by atomic mass is 10.0. The van der Waals surface area contributed by atoms with E-state index in [0.717, 1.165) is 69.9 Å². The van der Waals surface area contributed by atoms with Gasteiger partial charge in [0.15, 0.2) is 0 Å². The molecule has 1 unspecified atom stereocenters. The van der Waals surface area contributed by atoms with Crippen LogP contribution in [-0.4, -0.2) is 61.4 Å². The van der Waals surface area contributed by atoms with Gasteiger partial charge >= 0.3 is 0 Å². The van der Waals surface area contributed by atoms with Crippen molar-refractivity contribution in [2.24, 2.45) is 5.92 Å². The number of anilines is 1. The minimum atomic E-state index is 0.771. The summed E-state index contributed by atoms with van der Waals surface area (Å²) >= 11 is 0. The maximum Gasteiger partial charge on any atom is 0.266 e. The third-order valence-electron chi connectivity index (χ3n) is 4.17. The zero-order chi connectivity index (χ0) is 13.1. The van der Waals surface area contributed by atoms with Gasteiger partial charge in [-0.25, -0.2) is 0 Å². The summed E-state index contributed by atoms with van der Waals surface area (Å²) < 4.78 is 5.37. The van der Waals surface area contributed by atoms with Crippen molar-refractivity contribution in [1.29, 1.82) is 0 Å². The molecule has 2 aliphatic rings. The molecule has 2 aliphatic heterocycles. The molecule has 0 aromatic carbocycles. The largest absolute Gasteiger partial charge is 0.337 e. The van der Waals surface area contributed by atoms with Crippen molar-refractivity contribution in [3.8, 4) is 0 Å². The Morgan fingerprint density at radius 2 is 2.16 bits per heavy atom. The highest BCUT2D eigenvalue weighted by Gasteiger charge is 2.20. The van der Waals surface area contributed by atoms with Crippen LogP contribution in [0.2, 0.25) is 0 Å². The van der Waals surface area contributed by atoms with Crippen molar-refractivity contribution in [2.45, 2.75) is 19.3 Å². The van der Waals surface area contributed by atoms with E-state index in [-0.39, 0.29) is 0 Å². The van der Waals surface area contributed by atoms with Crippen molar-refractivity contribution < 1.29 is 4.52 Å². The quantitative estimate of drug-likeness (QED) is 0.848. The molecule has 0 aliphatic carbocycles. The van der Waals surface area contributed by atoms with Crippen LogP contribution in [0.4, 0.5) is 5.95 Å². The normalized spacial score (nSPS) is 25.1. The molecule has 1 aromatic rings. The number of piperazine rings is 1. The van der Waals surface area contributed by atoms with Gasteiger partial charge in [0.25, 0.3) is 5.95 Å². The van der Waals surface area contributed by atoms with E-state index in [4.69, 9.17) is 4.52 Å². The molecule has 0 radical (unpaired) electrons. The average Bonchev–Trinajstić information content (AvgIpc) is 3.09. The summed E-state index contributed by atoms with van der Waals surface area (Å²) in [7, 11) is 2.15. The highest BCUT2D eigenvalue weighted by molar-refractivity contribution is 5.28. The molecule has 6 nitrogen and oxygen atoms in total. The van der Waals surface area contributed by atoms with Crippen LogP contribution in [0.1, 0.15) is 18.7 Å². The number of aryl methyl sites for hydroxylation is 1. The van der Waals surface area contributed by atoms with Crippen molar-refractivity contribution in [3.05, 3.63) is 5.89 Å². The van der Waals surface area contributed by atoms with Gasteiger partial charge in [0.2, 0.25) is 5.89 Å². The lowest BCUT2D eigenvalue weighted by molar-refractivity contribution is 0.308. The third-order valence-corrected chi connectivity index (χ3v) is 4.17. The number of nitrogens with one attached hydrogen (secondary N) is 1. The Morgan fingerprint density at radius 1 is 1.32 bits per heavy atom. The number of hydrogen-bond acceptors (Lipinski definition) is 6. The Bertz CT molecular complexity index is 393. The summed E-state index contributed by atoms with van der Waals surface area (Å²) in [6.07, 6.45) is 3.34. The Kier molecular flexibility index (Phi) is 3.98. The van der Waals surface area contributed by atoms with Gasteiger partial charge < -0.3 is 19.6 Å². The van der Waals surface area contributed by atoms with E-state index in [1.165, 1.54) is 6.42 Å². The molecule has 19 heavy (non-hydrogen) atoms. The third kappa shape index (κ3) is 3.25. The van der Waals surface area contributed by atoms with E-state index >= 15 is 0 Å². The summed E-state index contributed by atoms with van der Waals surface area (Å²) in [5.74, 6) is 2.34. The first-order chi connectivity index (χ1) is 9.31. The van der Waals surface area contributed by atoms with E-state index in [2.05, 4.69) is 32.3 Å². The van der Waals surface area contributed by atoms with Gasteiger partial charge in [0.1, 0.15) is 0 Å². The first-order valence-corrected chi connectivity index (χ1v) is 7.28. The van der Waals surface area contributed by atoms with Crippen LogP contribution in [-0.2, 0) is 6.42 Å². The van der Waals surface area contributed by atoms with Crippen molar-refractivity contribution in [2.75, 3.05) is 51.2 Å². The second-order valence-corrected chi connectivity index (χ2v) is 5.68. The molecule has 2 fully saturated rings. The predicted octanol–water partition coefficient (Wildman–Crippen LogP) is 0.364. The van der Waals surface area contributed by atoms with E-state index < -0.39 is 0 Å². The smallest absolute Gasteiger partial charge is 0.266 e. The molecule has 3 rings (SSSR count). The van der Waals surface area contributed by atoms with Crippen LogP contribution < -0.4 is 10.2 Å². The highest BCUT2D eigenvalue weighted by Crippen LogP contribution is 2.17. The van der Waals surface area contributed by atoms with E-state index in [1.54, 1.807) is 0 Å². The van der Waals surface area contributed by atoms with E-state index in [0.29, 0.717) is 0 Å². The zero-order valence-electron chi connectivity index (χ0n) is 11.6. The lowest BCUT2D eigenvalue weighted by Gasteiger charge is -2.31. The summed E-state index contributed by atoms with van der Waals surface area (Å²) in [5, 5.41) is 7.51. The molecule has 2 saturated heterocycles. The van der Waals surface area contributed by atoms with Gasteiger partial charge in [-0.05, 0) is 44.1 Å². The van der Waals surface area contributed by atoms with Gasteiger partial charge in [0.05, 0.1) is 0 Å². The van der Waals surface area contributed by atoms with Crippen molar-refractivity contribution >= 4 is 5.95 Å². The fourth-order valence-electron chi connectivity index (χ4n) is 2.77. The fraction of sp³-hybridized carbons (Fsp3) is 0.846. The number of likely N-dealkylation sites (N-methyl/N-ethyl adjacent to an activating group) is 1. The number of hydrogen-bond donors (Lipinski definition) is 1. The molecular formula is C13H23N5O. The SMILES string of the molecule is CN1CCN(c2noc(CCC3CCNC3)n2)CC1. The molecule has 1 aromatic heterocycles. The molecule has 6 heteroatoms. The van der Waals surface area contributed by atoms with Crippen LogP contribution in [0.25, 0.3) is 0 Å². The topological polar surface area (TPSA) is 57.4 Å². The Hall–Kier alpha value is -1.14. The van der Waals surface area contributed by atoms with Gasteiger partial charge in [-0.1, -0.05) is 0 Å². The predicted molar refractivity (Wildman–Crippen MR) is 73.3 cm³/mol. The first kappa shape index (κ1) is 12.9. The number of nitrogens with zero attached hydrogens (tertiary/aromatic N) is 4. The summed E-state index contributed by atoms with van der Waals surface area (Å²) in [4.78, 5) is 9.07. The molecule has 0 saturated carbocycles. The van der Waals surface area contributed by atoms with Gasteiger partial charge in [0, 0.05) is 32.6 Å². The Morgan fingerprint density at radius 3 is 2.89 bits per heavy atom. The van der Waals surface area contributed by atoms with Gasteiger partial charge in [-0.3, -0.25) is 0 Å². The second-order valence-electron chi connectivity index (χ2n) is 5.68. The maximum absolute atomic E-state index is 5.37. The molecule has 0 amide bonds. The average molecular weight is 265 g/mol. The Labute approximate surface area is 114 Å². The molecule has 106 valence electrons. The molecular weight excluding hydrogens is 242 g/mol. The number of rotatable bonds is 4. The molecule has 3 heterocycles. The molecule has 0 spiro atoms. The van der Waals surface area contributed by atoms with Crippen LogP contribution in [0.5, 0.6) is 0 Å². The molecule has 1 atom stereocenters. The van der Waals surface area contributed by atoms with Crippen molar-refractivity contribution in [3.63, 3.8) is 0 Å². The number of aromatic nitrogens is 2. The zero-order valence-corrected chi connectivity index (χ0v) is 11.6. The minimum absolute atomic E-state index is 0.771. The fourth-order valence-corrected chi connectivity index (χ4v) is 2.77. The standard InChI is InChI=1S/C13H23N5O/c1-17-6-8-18(9-7-17)13-15-12(19-16-13)3-2-11-4-5-14-10-11/h11,14H,2-10H2,1H3. The summed E-state index contributed by atoms with van der Waals surface area (Å²) in [6, 6.07) is 0. The Balaban J connectivity index is 1.51. The highest BCUT2D eigenvalue weighted by atomic mass is 16.5. The van der Waals surface area contributed by atoms with Crippen LogP contribution in [0.15, 0.2) is 4.52 Å². The van der Waals surface area contributed by atoms with Crippen LogP contribution in [0.3, 0.4) is 0 Å². The van der Waals surface area contributed by atoms with Gasteiger partial charge in [-0.2, -0.15) is 4.98 Å². The van der Waals surface area contributed by atoms with Gasteiger partial charge in [-0.15, -0.1) is 0 Å². The van der Waals surface area contributed by atoms with Crippen molar-refractivity contribution in [1.82, 2.24) is 20.4 Å². The molecule has 1 N–H and O–H groups in total. The maximum atomic E-state index is 5.37.